The first-order valence-electron chi connectivity index (χ1n) is 4.13. The average Bonchev–Trinajstić information content (AvgIpc) is 2.20. The minimum Gasteiger partial charge on any atom is -0.504 e. The number of phenolic OH excluding ortho intramolecular Hbond substituents is 2. The van der Waals surface area contributed by atoms with Gasteiger partial charge < -0.3 is 21.7 Å². The van der Waals surface area contributed by atoms with E-state index in [1.807, 2.05) is 0 Å². The van der Waals surface area contributed by atoms with Gasteiger partial charge in [-0.25, -0.2) is 0 Å². The Morgan fingerprint density at radius 2 is 1.93 bits per heavy atom. The predicted molar refractivity (Wildman–Crippen MR) is 52.4 cm³/mol. The number of benzene rings is 1. The smallest absolute Gasteiger partial charge is 0.278 e. The zero-order chi connectivity index (χ0) is 11.6. The molecule has 1 atom stereocenters. The fourth-order valence-corrected chi connectivity index (χ4v) is 1.16. The van der Waals surface area contributed by atoms with Gasteiger partial charge in [0.2, 0.25) is 0 Å². The van der Waals surface area contributed by atoms with E-state index in [1.54, 1.807) is 0 Å². The van der Waals surface area contributed by atoms with E-state index in [0.29, 0.717) is 0 Å². The maximum Gasteiger partial charge on any atom is 0.278 e. The summed E-state index contributed by atoms with van der Waals surface area (Å²) in [5.41, 5.74) is 10.5. The highest BCUT2D eigenvalue weighted by Crippen LogP contribution is 2.34. The van der Waals surface area contributed by atoms with Crippen LogP contribution in [-0.2, 0) is 0 Å². The molecule has 0 saturated carbocycles. The van der Waals surface area contributed by atoms with Gasteiger partial charge in [-0.3, -0.25) is 10.1 Å². The lowest BCUT2D eigenvalue weighted by Gasteiger charge is -2.10. The van der Waals surface area contributed by atoms with Crippen LogP contribution < -0.4 is 11.5 Å². The van der Waals surface area contributed by atoms with Gasteiger partial charge in [-0.1, -0.05) is 0 Å². The molecule has 0 unspecified atom stereocenters. The van der Waals surface area contributed by atoms with Crippen molar-refractivity contribution in [2.24, 2.45) is 11.5 Å². The number of hydrogen-bond acceptors (Lipinski definition) is 6. The molecule has 1 aromatic carbocycles. The molecule has 7 nitrogen and oxygen atoms in total. The summed E-state index contributed by atoms with van der Waals surface area (Å²) >= 11 is 0. The van der Waals surface area contributed by atoms with Crippen LogP contribution in [-0.4, -0.2) is 21.7 Å². The summed E-state index contributed by atoms with van der Waals surface area (Å²) in [6.07, 6.45) is 0. The van der Waals surface area contributed by atoms with Crippen molar-refractivity contribution in [1.29, 1.82) is 0 Å². The van der Waals surface area contributed by atoms with E-state index in [1.165, 1.54) is 0 Å². The zero-order valence-corrected chi connectivity index (χ0v) is 7.75. The van der Waals surface area contributed by atoms with E-state index in [-0.39, 0.29) is 17.8 Å². The molecule has 0 radical (unpaired) electrons. The van der Waals surface area contributed by atoms with Crippen molar-refractivity contribution in [3.05, 3.63) is 27.8 Å². The quantitative estimate of drug-likeness (QED) is 0.316. The highest BCUT2D eigenvalue weighted by molar-refractivity contribution is 5.54. The van der Waals surface area contributed by atoms with Crippen molar-refractivity contribution < 1.29 is 15.1 Å². The van der Waals surface area contributed by atoms with Crippen LogP contribution in [0.5, 0.6) is 11.5 Å². The molecule has 0 heterocycles. The molecule has 0 amide bonds. The number of aromatic hydroxyl groups is 2. The summed E-state index contributed by atoms with van der Waals surface area (Å²) in [6.45, 7) is 0.00502. The Balaban J connectivity index is 3.34. The second-order valence-corrected chi connectivity index (χ2v) is 3.00. The van der Waals surface area contributed by atoms with Gasteiger partial charge in [-0.2, -0.15) is 0 Å². The SMILES string of the molecule is NC[C@@H](N)c1cc(O)c(O)cc1[N+](=O)[O-]. The Morgan fingerprint density at radius 3 is 2.40 bits per heavy atom. The molecule has 0 bridgehead atoms. The molecule has 7 heteroatoms. The van der Waals surface area contributed by atoms with Gasteiger partial charge in [0.1, 0.15) is 0 Å². The van der Waals surface area contributed by atoms with Crippen molar-refractivity contribution in [2.75, 3.05) is 6.54 Å². The molecule has 0 spiro atoms. The lowest BCUT2D eigenvalue weighted by atomic mass is 10.0. The fraction of sp³-hybridized carbons (Fsp3) is 0.250. The van der Waals surface area contributed by atoms with Crippen LogP contribution in [0.15, 0.2) is 12.1 Å². The third-order valence-electron chi connectivity index (χ3n) is 1.97. The fourth-order valence-electron chi connectivity index (χ4n) is 1.16. The number of nitro benzene ring substituents is 1. The Kier molecular flexibility index (Phi) is 3.08. The number of hydrogen-bond donors (Lipinski definition) is 4. The lowest BCUT2D eigenvalue weighted by Crippen LogP contribution is -2.21. The summed E-state index contributed by atoms with van der Waals surface area (Å²) in [5, 5.41) is 28.9. The van der Waals surface area contributed by atoms with Crippen LogP contribution in [0.3, 0.4) is 0 Å². The normalized spacial score (nSPS) is 12.4. The van der Waals surface area contributed by atoms with E-state index in [2.05, 4.69) is 0 Å². The molecule has 0 saturated heterocycles. The van der Waals surface area contributed by atoms with Crippen LogP contribution in [0.25, 0.3) is 0 Å². The van der Waals surface area contributed by atoms with Crippen molar-refractivity contribution in [3.63, 3.8) is 0 Å². The monoisotopic (exact) mass is 213 g/mol. The van der Waals surface area contributed by atoms with Gasteiger partial charge in [0.05, 0.1) is 16.6 Å². The molecule has 0 aliphatic carbocycles. The zero-order valence-electron chi connectivity index (χ0n) is 7.75. The molecule has 15 heavy (non-hydrogen) atoms. The van der Waals surface area contributed by atoms with Crippen LogP contribution in [0.4, 0.5) is 5.69 Å². The second-order valence-electron chi connectivity index (χ2n) is 3.00. The summed E-state index contributed by atoms with van der Waals surface area (Å²) in [7, 11) is 0. The number of nitrogens with zero attached hydrogens (tertiary/aromatic N) is 1. The van der Waals surface area contributed by atoms with E-state index >= 15 is 0 Å². The van der Waals surface area contributed by atoms with Crippen molar-refractivity contribution in [1.82, 2.24) is 0 Å². The maximum absolute atomic E-state index is 10.6. The van der Waals surface area contributed by atoms with Gasteiger partial charge in [0.15, 0.2) is 11.5 Å². The summed E-state index contributed by atoms with van der Waals surface area (Å²) < 4.78 is 0. The molecule has 0 aromatic heterocycles. The third kappa shape index (κ3) is 2.14. The Hall–Kier alpha value is -1.86. The molecule has 0 aliphatic rings. The van der Waals surface area contributed by atoms with Crippen molar-refractivity contribution >= 4 is 5.69 Å². The minimum atomic E-state index is -0.753. The first-order chi connectivity index (χ1) is 6.97. The molecular formula is C8H11N3O4. The lowest BCUT2D eigenvalue weighted by molar-refractivity contribution is -0.385. The van der Waals surface area contributed by atoms with Crippen LogP contribution in [0.2, 0.25) is 0 Å². The minimum absolute atomic E-state index is 0.00502. The first-order valence-corrected chi connectivity index (χ1v) is 4.13. The number of rotatable bonds is 3. The molecular weight excluding hydrogens is 202 g/mol. The predicted octanol–water partition coefficient (Wildman–Crippen LogP) is -0.0355. The first kappa shape index (κ1) is 11.2. The highest BCUT2D eigenvalue weighted by atomic mass is 16.6. The van der Waals surface area contributed by atoms with E-state index < -0.39 is 22.5 Å². The largest absolute Gasteiger partial charge is 0.504 e. The Bertz CT molecular complexity index is 394. The van der Waals surface area contributed by atoms with Crippen molar-refractivity contribution in [2.45, 2.75) is 6.04 Å². The Morgan fingerprint density at radius 1 is 1.40 bits per heavy atom. The molecule has 1 rings (SSSR count). The summed E-state index contributed by atoms with van der Waals surface area (Å²) in [6, 6.07) is 1.14. The number of nitro groups is 1. The second kappa shape index (κ2) is 4.11. The molecule has 1 aromatic rings. The number of nitrogens with two attached hydrogens (primary N) is 2. The van der Waals surface area contributed by atoms with Gasteiger partial charge in [-0.05, 0) is 6.07 Å². The van der Waals surface area contributed by atoms with Gasteiger partial charge in [0, 0.05) is 12.6 Å². The van der Waals surface area contributed by atoms with E-state index in [4.69, 9.17) is 16.6 Å². The summed E-state index contributed by atoms with van der Waals surface area (Å²) in [5.74, 6) is -1.02. The number of phenols is 2. The van der Waals surface area contributed by atoms with Gasteiger partial charge >= 0.3 is 0 Å². The molecule has 6 N–H and O–H groups in total. The third-order valence-corrected chi connectivity index (χ3v) is 1.97. The molecule has 0 fully saturated rings. The highest BCUT2D eigenvalue weighted by Gasteiger charge is 2.21. The summed E-state index contributed by atoms with van der Waals surface area (Å²) in [4.78, 5) is 9.93. The van der Waals surface area contributed by atoms with Crippen LogP contribution in [0, 0.1) is 10.1 Å². The molecule has 82 valence electrons. The Labute approximate surface area is 85.1 Å². The topological polar surface area (TPSA) is 136 Å². The maximum atomic E-state index is 10.6. The van der Waals surface area contributed by atoms with E-state index in [0.717, 1.165) is 12.1 Å². The van der Waals surface area contributed by atoms with Gasteiger partial charge in [-0.15, -0.1) is 0 Å². The van der Waals surface area contributed by atoms with Crippen LogP contribution in [0.1, 0.15) is 11.6 Å². The van der Waals surface area contributed by atoms with Crippen molar-refractivity contribution in [3.8, 4) is 11.5 Å². The average molecular weight is 213 g/mol. The van der Waals surface area contributed by atoms with E-state index in [9.17, 15) is 15.2 Å². The van der Waals surface area contributed by atoms with Crippen LogP contribution >= 0.6 is 0 Å². The standard InChI is InChI=1S/C8H11N3O4/c9-3-5(10)4-1-7(12)8(13)2-6(4)11(14)15/h1-2,5,12-13H,3,9-10H2/t5-/m1/s1. The van der Waals surface area contributed by atoms with Gasteiger partial charge in [0.25, 0.3) is 5.69 Å². The molecule has 0 aliphatic heterocycles.